The van der Waals surface area contributed by atoms with E-state index < -0.39 is 0 Å². The van der Waals surface area contributed by atoms with Gasteiger partial charge in [0.2, 0.25) is 0 Å². The Balaban J connectivity index is 2.17. The summed E-state index contributed by atoms with van der Waals surface area (Å²) in [6.07, 6.45) is 2.79. The zero-order valence-electron chi connectivity index (χ0n) is 6.02. The first-order chi connectivity index (χ1) is 4.79. The lowest BCUT2D eigenvalue weighted by Crippen LogP contribution is -2.13. The average molecular weight is 250 g/mol. The molecule has 0 spiro atoms. The Kier molecular flexibility index (Phi) is 1.55. The van der Waals surface area contributed by atoms with Crippen LogP contribution < -0.4 is 5.32 Å². The molecule has 0 aromatic rings. The van der Waals surface area contributed by atoms with Crippen LogP contribution in [0.5, 0.6) is 0 Å². The SMILES string of the molecule is CC1=C(C2CC2)NCN1I. The van der Waals surface area contributed by atoms with Crippen LogP contribution in [0.15, 0.2) is 11.4 Å². The second kappa shape index (κ2) is 2.29. The van der Waals surface area contributed by atoms with Gasteiger partial charge >= 0.3 is 0 Å². The molecule has 56 valence electrons. The lowest BCUT2D eigenvalue weighted by molar-refractivity contribution is 0.634. The van der Waals surface area contributed by atoms with E-state index in [-0.39, 0.29) is 0 Å². The van der Waals surface area contributed by atoms with Crippen molar-refractivity contribution < 1.29 is 0 Å². The van der Waals surface area contributed by atoms with Gasteiger partial charge in [-0.3, -0.25) is 3.11 Å². The van der Waals surface area contributed by atoms with E-state index in [0.29, 0.717) is 0 Å². The maximum Gasteiger partial charge on any atom is 0.0967 e. The highest BCUT2D eigenvalue weighted by Crippen LogP contribution is 2.39. The quantitative estimate of drug-likeness (QED) is 0.564. The second-order valence-corrected chi connectivity index (χ2v) is 4.14. The molecule has 1 N–H and O–H groups in total. The lowest BCUT2D eigenvalue weighted by Gasteiger charge is -2.05. The standard InChI is InChI=1S/C7H11IN2/c1-5-7(6-2-3-6)9-4-10(5)8/h6,9H,2-4H2,1H3. The molecule has 2 nitrogen and oxygen atoms in total. The van der Waals surface area contributed by atoms with Crippen molar-refractivity contribution in [2.45, 2.75) is 19.8 Å². The first-order valence-electron chi connectivity index (χ1n) is 3.67. The molecule has 1 saturated carbocycles. The van der Waals surface area contributed by atoms with Crippen LogP contribution in [0.4, 0.5) is 0 Å². The zero-order valence-corrected chi connectivity index (χ0v) is 8.18. The number of hydrogen-bond acceptors (Lipinski definition) is 2. The molecular weight excluding hydrogens is 239 g/mol. The molecule has 2 rings (SSSR count). The number of hydrogen-bond donors (Lipinski definition) is 1. The molecule has 1 aliphatic heterocycles. The molecule has 0 saturated heterocycles. The molecule has 0 unspecified atom stereocenters. The zero-order chi connectivity index (χ0) is 7.14. The molecule has 0 aromatic carbocycles. The number of halogens is 1. The third-order valence-electron chi connectivity index (χ3n) is 2.15. The van der Waals surface area contributed by atoms with Gasteiger partial charge in [-0.1, -0.05) is 0 Å². The molecule has 0 bridgehead atoms. The van der Waals surface area contributed by atoms with Gasteiger partial charge in [-0.15, -0.1) is 0 Å². The highest BCUT2D eigenvalue weighted by molar-refractivity contribution is 14.1. The number of nitrogens with one attached hydrogen (secondary N) is 1. The fourth-order valence-corrected chi connectivity index (χ4v) is 1.77. The fourth-order valence-electron chi connectivity index (χ4n) is 1.34. The second-order valence-electron chi connectivity index (χ2n) is 2.97. The van der Waals surface area contributed by atoms with Crippen molar-refractivity contribution in [3.63, 3.8) is 0 Å². The van der Waals surface area contributed by atoms with E-state index >= 15 is 0 Å². The van der Waals surface area contributed by atoms with Crippen molar-refractivity contribution in [3.8, 4) is 0 Å². The van der Waals surface area contributed by atoms with Gasteiger partial charge in [0, 0.05) is 17.3 Å². The number of rotatable bonds is 1. The van der Waals surface area contributed by atoms with Gasteiger partial charge in [0.15, 0.2) is 0 Å². The molecule has 0 radical (unpaired) electrons. The van der Waals surface area contributed by atoms with Crippen molar-refractivity contribution in [2.24, 2.45) is 5.92 Å². The van der Waals surface area contributed by atoms with Crippen LogP contribution in [0, 0.1) is 5.92 Å². The Morgan fingerprint density at radius 3 is 2.70 bits per heavy atom. The van der Waals surface area contributed by atoms with Crippen LogP contribution in [0.2, 0.25) is 0 Å². The van der Waals surface area contributed by atoms with Crippen molar-refractivity contribution in [1.29, 1.82) is 0 Å². The van der Waals surface area contributed by atoms with Gasteiger partial charge in [0.25, 0.3) is 0 Å². The van der Waals surface area contributed by atoms with E-state index in [0.717, 1.165) is 12.6 Å². The summed E-state index contributed by atoms with van der Waals surface area (Å²) in [5.74, 6) is 0.875. The number of allylic oxidation sites excluding steroid dienone is 2. The van der Waals surface area contributed by atoms with Gasteiger partial charge in [-0.25, -0.2) is 0 Å². The van der Waals surface area contributed by atoms with Crippen LogP contribution >= 0.6 is 22.9 Å². The van der Waals surface area contributed by atoms with E-state index in [1.807, 2.05) is 0 Å². The largest absolute Gasteiger partial charge is 0.369 e. The van der Waals surface area contributed by atoms with Gasteiger partial charge < -0.3 is 5.32 Å². The summed E-state index contributed by atoms with van der Waals surface area (Å²) < 4.78 is 2.24. The van der Waals surface area contributed by atoms with Gasteiger partial charge in [-0.05, 0) is 19.8 Å². The predicted molar refractivity (Wildman–Crippen MR) is 49.3 cm³/mol. The smallest absolute Gasteiger partial charge is 0.0967 e. The molecule has 2 aliphatic rings. The Morgan fingerprint density at radius 1 is 1.60 bits per heavy atom. The van der Waals surface area contributed by atoms with E-state index in [9.17, 15) is 0 Å². The summed E-state index contributed by atoms with van der Waals surface area (Å²) in [6, 6.07) is 0. The molecular formula is C7H11IN2. The third-order valence-corrected chi connectivity index (χ3v) is 3.21. The average Bonchev–Trinajstić information content (AvgIpc) is 2.67. The topological polar surface area (TPSA) is 15.3 Å². The summed E-state index contributed by atoms with van der Waals surface area (Å²) in [7, 11) is 0. The molecule has 1 aliphatic carbocycles. The van der Waals surface area contributed by atoms with Crippen molar-refractivity contribution in [3.05, 3.63) is 11.4 Å². The monoisotopic (exact) mass is 250 g/mol. The Hall–Kier alpha value is 0.0700. The van der Waals surface area contributed by atoms with Crippen LogP contribution in [0.3, 0.4) is 0 Å². The fraction of sp³-hybridized carbons (Fsp3) is 0.714. The van der Waals surface area contributed by atoms with Crippen LogP contribution in [-0.4, -0.2) is 9.78 Å². The maximum absolute atomic E-state index is 3.42. The van der Waals surface area contributed by atoms with E-state index in [1.54, 1.807) is 0 Å². The minimum atomic E-state index is 0.875. The van der Waals surface area contributed by atoms with Gasteiger partial charge in [0.05, 0.1) is 29.5 Å². The minimum absolute atomic E-state index is 0.875. The first kappa shape index (κ1) is 6.76. The highest BCUT2D eigenvalue weighted by Gasteiger charge is 2.31. The van der Waals surface area contributed by atoms with Crippen molar-refractivity contribution >= 4 is 22.9 Å². The molecule has 1 fully saturated rings. The summed E-state index contributed by atoms with van der Waals surface area (Å²) in [5, 5.41) is 3.42. The Bertz CT molecular complexity index is 184. The third kappa shape index (κ3) is 1.00. The summed E-state index contributed by atoms with van der Waals surface area (Å²) in [6.45, 7) is 3.19. The maximum atomic E-state index is 3.42. The summed E-state index contributed by atoms with van der Waals surface area (Å²) >= 11 is 2.35. The molecule has 0 aromatic heterocycles. The minimum Gasteiger partial charge on any atom is -0.369 e. The predicted octanol–water partition coefficient (Wildman–Crippen LogP) is 1.84. The highest BCUT2D eigenvalue weighted by atomic mass is 127. The molecule has 0 atom stereocenters. The molecule has 10 heavy (non-hydrogen) atoms. The summed E-state index contributed by atoms with van der Waals surface area (Å²) in [5.41, 5.74) is 2.93. The van der Waals surface area contributed by atoms with E-state index in [2.05, 4.69) is 38.2 Å². The van der Waals surface area contributed by atoms with Gasteiger partial charge in [0.1, 0.15) is 0 Å². The Morgan fingerprint density at radius 2 is 2.30 bits per heavy atom. The molecule has 3 heteroatoms. The van der Waals surface area contributed by atoms with Crippen molar-refractivity contribution in [2.75, 3.05) is 6.67 Å². The molecule has 1 heterocycles. The van der Waals surface area contributed by atoms with Crippen LogP contribution in [0.25, 0.3) is 0 Å². The number of nitrogens with zero attached hydrogens (tertiary/aromatic N) is 1. The van der Waals surface area contributed by atoms with E-state index in [1.165, 1.54) is 24.2 Å². The van der Waals surface area contributed by atoms with Crippen LogP contribution in [0.1, 0.15) is 19.8 Å². The van der Waals surface area contributed by atoms with Crippen molar-refractivity contribution in [1.82, 2.24) is 8.43 Å². The molecule has 0 amide bonds. The summed E-state index contributed by atoms with van der Waals surface area (Å²) in [4.78, 5) is 0. The lowest BCUT2D eigenvalue weighted by atomic mass is 10.2. The van der Waals surface area contributed by atoms with Gasteiger partial charge in [-0.2, -0.15) is 0 Å². The van der Waals surface area contributed by atoms with E-state index in [4.69, 9.17) is 0 Å². The first-order valence-corrected chi connectivity index (χ1v) is 4.63. The normalized spacial score (nSPS) is 25.6. The van der Waals surface area contributed by atoms with Crippen LogP contribution in [-0.2, 0) is 0 Å². The Labute approximate surface area is 75.2 Å².